The predicted octanol–water partition coefficient (Wildman–Crippen LogP) is 7.87. The number of ether oxygens (including phenoxy) is 3. The number of phenolic OH excluding ortho intramolecular Hbond substituents is 1. The molecule has 0 bridgehead atoms. The molecule has 1 aromatic heterocycles. The van der Waals surface area contributed by atoms with Crippen molar-refractivity contribution in [1.82, 2.24) is 15.0 Å². The Morgan fingerprint density at radius 1 is 0.617 bits per heavy atom. The van der Waals surface area contributed by atoms with Gasteiger partial charge in [0, 0.05) is 24.3 Å². The molecule has 0 spiro atoms. The molecule has 5 aromatic carbocycles. The van der Waals surface area contributed by atoms with E-state index in [0.29, 0.717) is 28.8 Å². The van der Waals surface area contributed by atoms with Crippen LogP contribution >= 0.6 is 0 Å². The number of carbonyl (C=O) groups is 1. The van der Waals surface area contributed by atoms with Crippen LogP contribution in [-0.2, 0) is 14.3 Å². The first-order chi connectivity index (χ1) is 23.0. The van der Waals surface area contributed by atoms with E-state index >= 15 is 0 Å². The lowest BCUT2D eigenvalue weighted by Crippen LogP contribution is -2.27. The number of esters is 1. The second kappa shape index (κ2) is 14.5. The van der Waals surface area contributed by atoms with Crippen LogP contribution in [0.2, 0.25) is 0 Å². The smallest absolute Gasteiger partial charge is 0.347 e. The Morgan fingerprint density at radius 2 is 1.09 bits per heavy atom. The maximum absolute atomic E-state index is 12.3. The summed E-state index contributed by atoms with van der Waals surface area (Å²) in [6.07, 6.45) is -0.884. The molecule has 1 atom stereocenters. The van der Waals surface area contributed by atoms with Crippen LogP contribution in [0.1, 0.15) is 6.92 Å². The van der Waals surface area contributed by atoms with Gasteiger partial charge in [-0.1, -0.05) is 109 Å². The highest BCUT2D eigenvalue weighted by atomic mass is 16.6. The largest absolute Gasteiger partial charge is 0.507 e. The van der Waals surface area contributed by atoms with Gasteiger partial charge in [0.15, 0.2) is 23.6 Å². The quantitative estimate of drug-likeness (QED) is 0.115. The zero-order chi connectivity index (χ0) is 32.6. The van der Waals surface area contributed by atoms with E-state index in [0.717, 1.165) is 33.4 Å². The van der Waals surface area contributed by atoms with Gasteiger partial charge in [0.2, 0.25) is 0 Å². The molecule has 0 amide bonds. The summed E-state index contributed by atoms with van der Waals surface area (Å²) in [6.45, 7) is 2.00. The fraction of sp³-hybridized carbons (Fsp3) is 0.128. The first kappa shape index (κ1) is 31.1. The van der Waals surface area contributed by atoms with Gasteiger partial charge in [-0.2, -0.15) is 0 Å². The van der Waals surface area contributed by atoms with Crippen LogP contribution in [0.25, 0.3) is 56.4 Å². The zero-order valence-electron chi connectivity index (χ0n) is 26.0. The number of aromatic nitrogens is 3. The van der Waals surface area contributed by atoms with E-state index in [1.165, 1.54) is 13.2 Å². The van der Waals surface area contributed by atoms with Crippen LogP contribution < -0.4 is 4.74 Å². The van der Waals surface area contributed by atoms with E-state index < -0.39 is 12.1 Å². The first-order valence-electron chi connectivity index (χ1n) is 15.2. The molecule has 0 aliphatic rings. The van der Waals surface area contributed by atoms with E-state index in [-0.39, 0.29) is 19.0 Å². The summed E-state index contributed by atoms with van der Waals surface area (Å²) in [7, 11) is 1.53. The van der Waals surface area contributed by atoms with Crippen molar-refractivity contribution < 1.29 is 24.1 Å². The van der Waals surface area contributed by atoms with Crippen LogP contribution in [-0.4, -0.2) is 52.5 Å². The second-order valence-corrected chi connectivity index (χ2v) is 10.8. The summed E-state index contributed by atoms with van der Waals surface area (Å²) in [5.41, 5.74) is 6.36. The maximum Gasteiger partial charge on any atom is 0.347 e. The molecule has 0 radical (unpaired) electrons. The molecule has 0 aliphatic heterocycles. The van der Waals surface area contributed by atoms with Gasteiger partial charge in [0.25, 0.3) is 0 Å². The Bertz CT molecular complexity index is 1850. The number of benzene rings is 5. The average Bonchev–Trinajstić information content (AvgIpc) is 3.12. The SMILES string of the molecule is COCCOC(=O)C(C)Oc1ccc(-c2nc(-c3ccc(-c4ccccc4)cc3)nc(-c3ccc(-c4ccccc4)cc3)n2)c(O)c1. The molecule has 8 heteroatoms. The minimum absolute atomic E-state index is 0.107. The predicted molar refractivity (Wildman–Crippen MR) is 182 cm³/mol. The lowest BCUT2D eigenvalue weighted by Gasteiger charge is -2.15. The fourth-order valence-electron chi connectivity index (χ4n) is 5.01. The normalized spacial score (nSPS) is 11.5. The Kier molecular flexibility index (Phi) is 9.60. The van der Waals surface area contributed by atoms with E-state index in [2.05, 4.69) is 24.3 Å². The van der Waals surface area contributed by atoms with Crippen molar-refractivity contribution in [1.29, 1.82) is 0 Å². The molecule has 1 N–H and O–H groups in total. The lowest BCUT2D eigenvalue weighted by atomic mass is 10.0. The third kappa shape index (κ3) is 7.52. The van der Waals surface area contributed by atoms with Crippen molar-refractivity contribution in [2.24, 2.45) is 0 Å². The summed E-state index contributed by atoms with van der Waals surface area (Å²) in [6, 6.07) is 41.1. The summed E-state index contributed by atoms with van der Waals surface area (Å²) < 4.78 is 15.8. The average molecular weight is 624 g/mol. The second-order valence-electron chi connectivity index (χ2n) is 10.8. The molecule has 0 saturated heterocycles. The van der Waals surface area contributed by atoms with Gasteiger partial charge < -0.3 is 19.3 Å². The summed E-state index contributed by atoms with van der Waals surface area (Å²) >= 11 is 0. The van der Waals surface area contributed by atoms with Gasteiger partial charge in [-0.05, 0) is 41.3 Å². The van der Waals surface area contributed by atoms with E-state index in [1.54, 1.807) is 19.1 Å². The van der Waals surface area contributed by atoms with Crippen molar-refractivity contribution >= 4 is 5.97 Å². The van der Waals surface area contributed by atoms with Crippen LogP contribution in [0.15, 0.2) is 127 Å². The minimum atomic E-state index is -0.884. The highest BCUT2D eigenvalue weighted by molar-refractivity contribution is 5.76. The number of phenols is 1. The molecule has 47 heavy (non-hydrogen) atoms. The van der Waals surface area contributed by atoms with Crippen LogP contribution in [0, 0.1) is 0 Å². The molecule has 234 valence electrons. The third-order valence-electron chi connectivity index (χ3n) is 7.52. The van der Waals surface area contributed by atoms with E-state index in [4.69, 9.17) is 29.2 Å². The fourth-order valence-corrected chi connectivity index (χ4v) is 5.01. The molecular formula is C39H33N3O5. The monoisotopic (exact) mass is 623 g/mol. The van der Waals surface area contributed by atoms with E-state index in [1.807, 2.05) is 84.9 Å². The van der Waals surface area contributed by atoms with Crippen molar-refractivity contribution in [3.63, 3.8) is 0 Å². The third-order valence-corrected chi connectivity index (χ3v) is 7.52. The molecule has 0 fully saturated rings. The maximum atomic E-state index is 12.3. The number of hydrogen-bond donors (Lipinski definition) is 1. The molecule has 0 saturated carbocycles. The van der Waals surface area contributed by atoms with Crippen LogP contribution in [0.4, 0.5) is 0 Å². The Balaban J connectivity index is 1.34. The van der Waals surface area contributed by atoms with Gasteiger partial charge in [-0.15, -0.1) is 0 Å². The van der Waals surface area contributed by atoms with Gasteiger partial charge in [-0.3, -0.25) is 0 Å². The number of carbonyl (C=O) groups excluding carboxylic acids is 1. The minimum Gasteiger partial charge on any atom is -0.507 e. The Labute approximate surface area is 273 Å². The van der Waals surface area contributed by atoms with E-state index in [9.17, 15) is 9.90 Å². The molecule has 1 heterocycles. The molecular weight excluding hydrogens is 590 g/mol. The van der Waals surface area contributed by atoms with Gasteiger partial charge in [0.1, 0.15) is 18.1 Å². The zero-order valence-corrected chi connectivity index (χ0v) is 26.0. The van der Waals surface area contributed by atoms with Gasteiger partial charge in [0.05, 0.1) is 12.2 Å². The van der Waals surface area contributed by atoms with Crippen molar-refractivity contribution in [2.75, 3.05) is 20.3 Å². The molecule has 0 aliphatic carbocycles. The Hall–Kier alpha value is -5.86. The molecule has 8 nitrogen and oxygen atoms in total. The van der Waals surface area contributed by atoms with Crippen molar-refractivity contribution in [2.45, 2.75) is 13.0 Å². The van der Waals surface area contributed by atoms with Crippen molar-refractivity contribution in [3.05, 3.63) is 127 Å². The van der Waals surface area contributed by atoms with Crippen LogP contribution in [0.5, 0.6) is 11.5 Å². The highest BCUT2D eigenvalue weighted by Crippen LogP contribution is 2.34. The Morgan fingerprint density at radius 3 is 1.57 bits per heavy atom. The van der Waals surface area contributed by atoms with Gasteiger partial charge >= 0.3 is 5.97 Å². The molecule has 6 rings (SSSR count). The molecule has 1 unspecified atom stereocenters. The topological polar surface area (TPSA) is 104 Å². The number of nitrogens with zero attached hydrogens (tertiary/aromatic N) is 3. The standard InChI is InChI=1S/C39H33N3O5/c1-26(39(44)46-24-23-45-2)47-33-21-22-34(35(43)25-33)38-41-36(31-17-13-29(14-18-31)27-9-5-3-6-10-27)40-37(42-38)32-19-15-30(16-20-32)28-11-7-4-8-12-28/h3-22,25-26,43H,23-24H2,1-2H3. The number of aromatic hydroxyl groups is 1. The summed E-state index contributed by atoms with van der Waals surface area (Å²) in [5, 5.41) is 11.1. The lowest BCUT2D eigenvalue weighted by molar-refractivity contribution is -0.152. The van der Waals surface area contributed by atoms with Crippen LogP contribution in [0.3, 0.4) is 0 Å². The van der Waals surface area contributed by atoms with Crippen molar-refractivity contribution in [3.8, 4) is 67.9 Å². The number of hydrogen-bond acceptors (Lipinski definition) is 8. The van der Waals surface area contributed by atoms with Gasteiger partial charge in [-0.25, -0.2) is 19.7 Å². The first-order valence-corrected chi connectivity index (χ1v) is 15.2. The summed E-state index contributed by atoms with van der Waals surface area (Å²) in [5.74, 6) is 0.872. The number of methoxy groups -OCH3 is 1. The summed E-state index contributed by atoms with van der Waals surface area (Å²) in [4.78, 5) is 26.7. The number of rotatable bonds is 11. The molecule has 6 aromatic rings. The highest BCUT2D eigenvalue weighted by Gasteiger charge is 2.19.